The predicted molar refractivity (Wildman–Crippen MR) is 85.8 cm³/mol. The predicted octanol–water partition coefficient (Wildman–Crippen LogP) is 3.79. The molecule has 0 saturated carbocycles. The molecule has 4 nitrogen and oxygen atoms in total. The van der Waals surface area contributed by atoms with Crippen molar-refractivity contribution >= 4 is 5.95 Å². The molecule has 1 aromatic carbocycles. The van der Waals surface area contributed by atoms with Gasteiger partial charge in [-0.25, -0.2) is 9.97 Å². The Bertz CT molecular complexity index is 561. The average molecular weight is 285 g/mol. The third-order valence-corrected chi connectivity index (χ3v) is 3.65. The number of anilines is 1. The Morgan fingerprint density at radius 2 is 1.71 bits per heavy atom. The van der Waals surface area contributed by atoms with E-state index >= 15 is 0 Å². The molecule has 0 radical (unpaired) electrons. The van der Waals surface area contributed by atoms with Crippen LogP contribution < -0.4 is 5.32 Å². The van der Waals surface area contributed by atoms with Crippen LogP contribution in [0.2, 0.25) is 0 Å². The van der Waals surface area contributed by atoms with Gasteiger partial charge in [-0.15, -0.1) is 0 Å². The lowest BCUT2D eigenvalue weighted by atomic mass is 9.94. The zero-order chi connectivity index (χ0) is 15.2. The summed E-state index contributed by atoms with van der Waals surface area (Å²) in [5, 5.41) is 13.0. The SMILES string of the molecule is CCCC(CNc1nc(C)c(O)c(C)n1)c1ccccc1. The number of nitrogens with one attached hydrogen (secondary N) is 1. The van der Waals surface area contributed by atoms with E-state index in [0.29, 0.717) is 23.3 Å². The van der Waals surface area contributed by atoms with Crippen LogP contribution in [0, 0.1) is 13.8 Å². The molecule has 0 spiro atoms. The Balaban J connectivity index is 2.09. The molecule has 0 bridgehead atoms. The number of aromatic nitrogens is 2. The summed E-state index contributed by atoms with van der Waals surface area (Å²) in [7, 11) is 0. The molecule has 0 saturated heterocycles. The van der Waals surface area contributed by atoms with E-state index in [-0.39, 0.29) is 5.75 Å². The van der Waals surface area contributed by atoms with Gasteiger partial charge in [0.15, 0.2) is 5.75 Å². The summed E-state index contributed by atoms with van der Waals surface area (Å²) in [6, 6.07) is 10.5. The second-order valence-corrected chi connectivity index (χ2v) is 5.34. The molecule has 21 heavy (non-hydrogen) atoms. The van der Waals surface area contributed by atoms with Crippen LogP contribution in [-0.2, 0) is 0 Å². The molecular formula is C17H23N3O. The average Bonchev–Trinajstić information content (AvgIpc) is 2.49. The fourth-order valence-corrected chi connectivity index (χ4v) is 2.46. The van der Waals surface area contributed by atoms with Crippen molar-refractivity contribution in [3.05, 3.63) is 47.3 Å². The van der Waals surface area contributed by atoms with Crippen molar-refractivity contribution in [1.29, 1.82) is 0 Å². The molecule has 0 amide bonds. The van der Waals surface area contributed by atoms with Gasteiger partial charge in [0.05, 0.1) is 11.4 Å². The lowest BCUT2D eigenvalue weighted by Crippen LogP contribution is -2.15. The van der Waals surface area contributed by atoms with Crippen LogP contribution in [0.1, 0.15) is 42.6 Å². The Labute approximate surface area is 126 Å². The van der Waals surface area contributed by atoms with Gasteiger partial charge in [0, 0.05) is 12.5 Å². The van der Waals surface area contributed by atoms with Crippen LogP contribution in [-0.4, -0.2) is 21.6 Å². The van der Waals surface area contributed by atoms with E-state index in [1.165, 1.54) is 5.56 Å². The maximum Gasteiger partial charge on any atom is 0.223 e. The Morgan fingerprint density at radius 1 is 1.10 bits per heavy atom. The number of aromatic hydroxyl groups is 1. The van der Waals surface area contributed by atoms with Crippen molar-refractivity contribution in [1.82, 2.24) is 9.97 Å². The smallest absolute Gasteiger partial charge is 0.223 e. The Hall–Kier alpha value is -2.10. The summed E-state index contributed by atoms with van der Waals surface area (Å²) >= 11 is 0. The molecule has 4 heteroatoms. The summed E-state index contributed by atoms with van der Waals surface area (Å²) in [5.41, 5.74) is 2.55. The first-order chi connectivity index (χ1) is 10.1. The van der Waals surface area contributed by atoms with Gasteiger partial charge >= 0.3 is 0 Å². The summed E-state index contributed by atoms with van der Waals surface area (Å²) in [4.78, 5) is 8.57. The molecule has 2 rings (SSSR count). The lowest BCUT2D eigenvalue weighted by Gasteiger charge is -2.18. The number of hydrogen-bond donors (Lipinski definition) is 2. The standard InChI is InChI=1S/C17H23N3O/c1-4-8-15(14-9-6-5-7-10-14)11-18-17-19-12(2)16(21)13(3)20-17/h5-7,9-10,15,21H,4,8,11H2,1-3H3,(H,18,19,20). The van der Waals surface area contributed by atoms with Gasteiger partial charge in [-0.3, -0.25) is 0 Å². The van der Waals surface area contributed by atoms with Gasteiger partial charge in [0.25, 0.3) is 0 Å². The van der Waals surface area contributed by atoms with E-state index in [9.17, 15) is 5.11 Å². The summed E-state index contributed by atoms with van der Waals surface area (Å²) in [6.45, 7) is 6.56. The maximum atomic E-state index is 9.72. The minimum Gasteiger partial charge on any atom is -0.504 e. The van der Waals surface area contributed by atoms with Crippen LogP contribution >= 0.6 is 0 Å². The molecule has 0 aliphatic heterocycles. The Kier molecular flexibility index (Phi) is 5.14. The van der Waals surface area contributed by atoms with E-state index in [4.69, 9.17) is 0 Å². The van der Waals surface area contributed by atoms with E-state index in [0.717, 1.165) is 19.4 Å². The highest BCUT2D eigenvalue weighted by Crippen LogP contribution is 2.23. The van der Waals surface area contributed by atoms with Crippen molar-refractivity contribution < 1.29 is 5.11 Å². The third-order valence-electron chi connectivity index (χ3n) is 3.65. The van der Waals surface area contributed by atoms with Gasteiger partial charge in [0.2, 0.25) is 5.95 Å². The third kappa shape index (κ3) is 3.94. The number of rotatable bonds is 6. The second-order valence-electron chi connectivity index (χ2n) is 5.34. The molecule has 0 fully saturated rings. The molecule has 2 N–H and O–H groups in total. The second kappa shape index (κ2) is 7.07. The number of aryl methyl sites for hydroxylation is 2. The number of nitrogens with zero attached hydrogens (tertiary/aromatic N) is 2. The minimum atomic E-state index is 0.175. The fraction of sp³-hybridized carbons (Fsp3) is 0.412. The molecule has 112 valence electrons. The van der Waals surface area contributed by atoms with Crippen LogP contribution in [0.15, 0.2) is 30.3 Å². The first kappa shape index (κ1) is 15.3. The highest BCUT2D eigenvalue weighted by Gasteiger charge is 2.12. The molecule has 1 heterocycles. The van der Waals surface area contributed by atoms with E-state index < -0.39 is 0 Å². The first-order valence-electron chi connectivity index (χ1n) is 7.44. The highest BCUT2D eigenvalue weighted by molar-refractivity contribution is 5.37. The summed E-state index contributed by atoms with van der Waals surface area (Å²) < 4.78 is 0. The van der Waals surface area contributed by atoms with Crippen molar-refractivity contribution in [3.63, 3.8) is 0 Å². The van der Waals surface area contributed by atoms with Gasteiger partial charge in [-0.1, -0.05) is 43.7 Å². The van der Waals surface area contributed by atoms with Gasteiger partial charge in [-0.05, 0) is 25.8 Å². The van der Waals surface area contributed by atoms with E-state index in [2.05, 4.69) is 46.5 Å². The monoisotopic (exact) mass is 285 g/mol. The largest absolute Gasteiger partial charge is 0.504 e. The minimum absolute atomic E-state index is 0.175. The number of benzene rings is 1. The molecule has 2 aromatic rings. The van der Waals surface area contributed by atoms with Crippen LogP contribution in [0.25, 0.3) is 0 Å². The topological polar surface area (TPSA) is 58.0 Å². The van der Waals surface area contributed by atoms with Crippen molar-refractivity contribution in [2.24, 2.45) is 0 Å². The highest BCUT2D eigenvalue weighted by atomic mass is 16.3. The maximum absolute atomic E-state index is 9.72. The molecule has 0 aliphatic carbocycles. The van der Waals surface area contributed by atoms with Crippen LogP contribution in [0.5, 0.6) is 5.75 Å². The zero-order valence-electron chi connectivity index (χ0n) is 12.9. The number of hydrogen-bond acceptors (Lipinski definition) is 4. The van der Waals surface area contributed by atoms with Gasteiger partial charge in [-0.2, -0.15) is 0 Å². The Morgan fingerprint density at radius 3 is 2.29 bits per heavy atom. The molecule has 1 unspecified atom stereocenters. The normalized spacial score (nSPS) is 12.1. The van der Waals surface area contributed by atoms with E-state index in [1.54, 1.807) is 13.8 Å². The summed E-state index contributed by atoms with van der Waals surface area (Å²) in [6.07, 6.45) is 2.25. The van der Waals surface area contributed by atoms with Crippen LogP contribution in [0.4, 0.5) is 5.95 Å². The first-order valence-corrected chi connectivity index (χ1v) is 7.44. The van der Waals surface area contributed by atoms with Crippen molar-refractivity contribution in [2.45, 2.75) is 39.5 Å². The van der Waals surface area contributed by atoms with Crippen LogP contribution in [0.3, 0.4) is 0 Å². The molecular weight excluding hydrogens is 262 g/mol. The zero-order valence-corrected chi connectivity index (χ0v) is 12.9. The van der Waals surface area contributed by atoms with Gasteiger partial charge < -0.3 is 10.4 Å². The lowest BCUT2D eigenvalue weighted by molar-refractivity contribution is 0.459. The van der Waals surface area contributed by atoms with E-state index in [1.807, 2.05) is 6.07 Å². The fourth-order valence-electron chi connectivity index (χ4n) is 2.46. The molecule has 0 aliphatic rings. The molecule has 1 aromatic heterocycles. The quantitative estimate of drug-likeness (QED) is 0.847. The summed E-state index contributed by atoms with van der Waals surface area (Å²) in [5.74, 6) is 1.20. The molecule has 1 atom stereocenters. The van der Waals surface area contributed by atoms with Crippen molar-refractivity contribution in [3.8, 4) is 5.75 Å². The van der Waals surface area contributed by atoms with Crippen molar-refractivity contribution in [2.75, 3.05) is 11.9 Å². The van der Waals surface area contributed by atoms with Gasteiger partial charge in [0.1, 0.15) is 0 Å².